The van der Waals surface area contributed by atoms with Crippen LogP contribution in [0.1, 0.15) is 45.7 Å². The van der Waals surface area contributed by atoms with Crippen LogP contribution in [0.4, 0.5) is 0 Å². The molecule has 2 unspecified atom stereocenters. The largest absolute Gasteiger partial charge is 0.344 e. The Balaban J connectivity index is 0.906. The van der Waals surface area contributed by atoms with Crippen LogP contribution in [0.2, 0.25) is 0 Å². The molecule has 2 aliphatic rings. The van der Waals surface area contributed by atoms with Crippen molar-refractivity contribution < 1.29 is 0 Å². The Morgan fingerprint density at radius 3 is 1.06 bits per heavy atom. The second kappa shape index (κ2) is 16.4. The van der Waals surface area contributed by atoms with Crippen LogP contribution in [-0.2, 0) is 0 Å². The summed E-state index contributed by atoms with van der Waals surface area (Å²) < 4.78 is 4.77. The van der Waals surface area contributed by atoms with E-state index in [4.69, 9.17) is 20.0 Å². The topological polar surface area (TPSA) is 83.4 Å². The van der Waals surface area contributed by atoms with Crippen molar-refractivity contribution in [2.45, 2.75) is 12.3 Å². The van der Waals surface area contributed by atoms with Crippen LogP contribution >= 0.6 is 0 Å². The first-order valence-corrected chi connectivity index (χ1v) is 23.0. The summed E-state index contributed by atoms with van der Waals surface area (Å²) >= 11 is 0. The van der Waals surface area contributed by atoms with Gasteiger partial charge in [0, 0.05) is 55.2 Å². The minimum Gasteiger partial charge on any atom is -0.344 e. The molecule has 0 saturated carbocycles. The zero-order chi connectivity index (χ0) is 45.0. The van der Waals surface area contributed by atoms with E-state index in [1.807, 2.05) is 72.8 Å². The molecule has 2 N–H and O–H groups in total. The Hall–Kier alpha value is -9.14. The van der Waals surface area contributed by atoms with Crippen molar-refractivity contribution in [3.05, 3.63) is 264 Å². The molecule has 322 valence electrons. The molecule has 0 radical (unpaired) electrons. The van der Waals surface area contributed by atoms with Crippen LogP contribution in [0.5, 0.6) is 0 Å². The van der Waals surface area contributed by atoms with Crippen LogP contribution in [0.3, 0.4) is 0 Å². The number of amidine groups is 4. The molecule has 8 heteroatoms. The molecule has 0 amide bonds. The molecule has 0 aliphatic carbocycles. The van der Waals surface area contributed by atoms with Gasteiger partial charge in [-0.25, -0.2) is 20.0 Å². The van der Waals surface area contributed by atoms with Crippen LogP contribution < -0.4 is 10.6 Å². The van der Waals surface area contributed by atoms with E-state index < -0.39 is 0 Å². The predicted molar refractivity (Wildman–Crippen MR) is 279 cm³/mol. The molecule has 0 saturated heterocycles. The van der Waals surface area contributed by atoms with E-state index in [9.17, 15) is 0 Å². The molecule has 9 aromatic carbocycles. The van der Waals surface area contributed by atoms with Gasteiger partial charge in [-0.1, -0.05) is 158 Å². The number of para-hydroxylation sites is 2. The first kappa shape index (κ1) is 39.2. The zero-order valence-electron chi connectivity index (χ0n) is 36.8. The minimum atomic E-state index is -0.266. The normalized spacial score (nSPS) is 15.9. The van der Waals surface area contributed by atoms with Gasteiger partial charge in [-0.3, -0.25) is 0 Å². The molecular weight excluding hydrogens is 833 g/mol. The summed E-state index contributed by atoms with van der Waals surface area (Å²) in [5, 5.41) is 12.0. The lowest BCUT2D eigenvalue weighted by atomic mass is 10.1. The van der Waals surface area contributed by atoms with E-state index in [1.165, 1.54) is 21.5 Å². The lowest BCUT2D eigenvalue weighted by Gasteiger charge is -2.23. The summed E-state index contributed by atoms with van der Waals surface area (Å²) in [6.07, 6.45) is -0.533. The first-order chi connectivity index (χ1) is 33.7. The third-order valence-electron chi connectivity index (χ3n) is 13.0. The highest BCUT2D eigenvalue weighted by Crippen LogP contribution is 2.42. The molecular formula is C60H42N8. The van der Waals surface area contributed by atoms with Gasteiger partial charge in [0.15, 0.2) is 11.7 Å². The van der Waals surface area contributed by atoms with Gasteiger partial charge in [-0.15, -0.1) is 0 Å². The molecule has 0 fully saturated rings. The lowest BCUT2D eigenvalue weighted by molar-refractivity contribution is 0.674. The van der Waals surface area contributed by atoms with Gasteiger partial charge in [-0.05, 0) is 83.9 Å². The SMILES string of the molecule is c1ccc(C2=NC(c3ccc(-n4c5ccccc5c5c6c7ccccc7n(-c7ccc(C8=NC(c9ccccc9)NC(c9ccccc9)=N8)cc7)c6ccc54)cc3)=NC(c3ccccc3)N2)cc1. The summed E-state index contributed by atoms with van der Waals surface area (Å²) in [5.74, 6) is 2.99. The van der Waals surface area contributed by atoms with Gasteiger partial charge in [0.1, 0.15) is 24.0 Å². The molecule has 68 heavy (non-hydrogen) atoms. The van der Waals surface area contributed by atoms with Crippen molar-refractivity contribution in [2.24, 2.45) is 20.0 Å². The van der Waals surface area contributed by atoms with Gasteiger partial charge in [0.05, 0.1) is 22.1 Å². The number of nitrogens with one attached hydrogen (secondary N) is 2. The van der Waals surface area contributed by atoms with Crippen molar-refractivity contribution in [1.29, 1.82) is 0 Å². The van der Waals surface area contributed by atoms with Crippen LogP contribution in [0.25, 0.3) is 55.0 Å². The zero-order valence-corrected chi connectivity index (χ0v) is 36.8. The molecule has 8 nitrogen and oxygen atoms in total. The third kappa shape index (κ3) is 6.77. The maximum atomic E-state index is 5.13. The number of aromatic nitrogens is 2. The summed E-state index contributed by atoms with van der Waals surface area (Å²) in [6.45, 7) is 0. The smallest absolute Gasteiger partial charge is 0.159 e. The summed E-state index contributed by atoms with van der Waals surface area (Å²) in [4.78, 5) is 20.4. The highest BCUT2D eigenvalue weighted by molar-refractivity contribution is 6.29. The summed E-state index contributed by atoms with van der Waals surface area (Å²) in [5.41, 5.74) is 12.8. The Kier molecular flexibility index (Phi) is 9.45. The number of nitrogens with zero attached hydrogens (tertiary/aromatic N) is 6. The standard InChI is InChI=1S/C60H42N8/c1-5-17-39(18-6-1)55-61-56(40-19-7-2-8-20-40)64-59(63-55)43-29-33-45(34-30-43)67-49-27-15-13-25-47(49)53-51(67)37-38-52-54(53)48-26-14-16-28-50(48)68(52)46-35-31-44(32-36-46)60-65-57(41-21-9-3-10-22-41)62-58(66-60)42-23-11-4-12-24-42/h1-38,55,57H,(H,61,63,64)(H,62,65,66). The number of fused-ring (bicyclic) bond motifs is 7. The molecule has 11 aromatic rings. The molecule has 4 heterocycles. The lowest BCUT2D eigenvalue weighted by Crippen LogP contribution is -2.33. The molecule has 0 spiro atoms. The van der Waals surface area contributed by atoms with Gasteiger partial charge >= 0.3 is 0 Å². The molecule has 2 atom stereocenters. The van der Waals surface area contributed by atoms with E-state index in [0.29, 0.717) is 11.7 Å². The van der Waals surface area contributed by atoms with Gasteiger partial charge in [-0.2, -0.15) is 0 Å². The Morgan fingerprint density at radius 1 is 0.309 bits per heavy atom. The highest BCUT2D eigenvalue weighted by Gasteiger charge is 2.24. The maximum Gasteiger partial charge on any atom is 0.159 e. The average molecular weight is 875 g/mol. The monoisotopic (exact) mass is 874 g/mol. The van der Waals surface area contributed by atoms with Crippen LogP contribution in [-0.4, -0.2) is 32.5 Å². The summed E-state index contributed by atoms with van der Waals surface area (Å²) in [6, 6.07) is 80.6. The second-order valence-electron chi connectivity index (χ2n) is 17.1. The van der Waals surface area contributed by atoms with E-state index in [0.717, 1.165) is 78.5 Å². The van der Waals surface area contributed by atoms with E-state index in [2.05, 4.69) is 177 Å². The van der Waals surface area contributed by atoms with Gasteiger partial charge in [0.25, 0.3) is 0 Å². The van der Waals surface area contributed by atoms with E-state index in [-0.39, 0.29) is 12.3 Å². The van der Waals surface area contributed by atoms with Crippen molar-refractivity contribution in [2.75, 3.05) is 0 Å². The van der Waals surface area contributed by atoms with Gasteiger partial charge < -0.3 is 19.8 Å². The minimum absolute atomic E-state index is 0.266. The van der Waals surface area contributed by atoms with Crippen LogP contribution in [0, 0.1) is 0 Å². The fourth-order valence-corrected chi connectivity index (χ4v) is 9.85. The number of benzene rings is 9. The Labute approximate surface area is 392 Å². The number of hydrogen-bond donors (Lipinski definition) is 2. The molecule has 13 rings (SSSR count). The van der Waals surface area contributed by atoms with Crippen molar-refractivity contribution >= 4 is 67.0 Å². The number of hydrogen-bond acceptors (Lipinski definition) is 6. The van der Waals surface area contributed by atoms with Crippen LogP contribution in [0.15, 0.2) is 250 Å². The quantitative estimate of drug-likeness (QED) is 0.159. The first-order valence-electron chi connectivity index (χ1n) is 23.0. The maximum absolute atomic E-state index is 5.13. The predicted octanol–water partition coefficient (Wildman–Crippen LogP) is 12.9. The number of aliphatic imine (C=N–C) groups is 4. The second-order valence-corrected chi connectivity index (χ2v) is 17.1. The molecule has 0 bridgehead atoms. The van der Waals surface area contributed by atoms with Crippen molar-refractivity contribution in [1.82, 2.24) is 19.8 Å². The Morgan fingerprint density at radius 2 is 0.662 bits per heavy atom. The molecule has 2 aromatic heterocycles. The number of rotatable bonds is 8. The van der Waals surface area contributed by atoms with E-state index >= 15 is 0 Å². The third-order valence-corrected chi connectivity index (χ3v) is 13.0. The van der Waals surface area contributed by atoms with E-state index in [1.54, 1.807) is 0 Å². The fourth-order valence-electron chi connectivity index (χ4n) is 9.85. The van der Waals surface area contributed by atoms with Gasteiger partial charge in [0.2, 0.25) is 0 Å². The van der Waals surface area contributed by atoms with Crippen molar-refractivity contribution in [3.63, 3.8) is 0 Å². The average Bonchev–Trinajstić information content (AvgIpc) is 3.94. The molecule has 2 aliphatic heterocycles. The Bertz CT molecular complexity index is 3560. The highest BCUT2D eigenvalue weighted by atomic mass is 15.2. The fraction of sp³-hybridized carbons (Fsp3) is 0.0333. The van der Waals surface area contributed by atoms with Crippen molar-refractivity contribution in [3.8, 4) is 11.4 Å². The summed E-state index contributed by atoms with van der Waals surface area (Å²) in [7, 11) is 0.